The summed E-state index contributed by atoms with van der Waals surface area (Å²) in [5.41, 5.74) is 1.32. The van der Waals surface area contributed by atoms with E-state index in [-0.39, 0.29) is 12.4 Å². The molecule has 0 saturated heterocycles. The molecule has 3 nitrogen and oxygen atoms in total. The fourth-order valence-corrected chi connectivity index (χ4v) is 1.74. The first-order valence-corrected chi connectivity index (χ1v) is 5.81. The van der Waals surface area contributed by atoms with Crippen LogP contribution in [0.4, 0.5) is 0 Å². The Morgan fingerprint density at radius 1 is 1.38 bits per heavy atom. The van der Waals surface area contributed by atoms with E-state index in [1.54, 1.807) is 7.11 Å². The Bertz CT molecular complexity index is 290. The highest BCUT2D eigenvalue weighted by Crippen LogP contribution is 2.22. The van der Waals surface area contributed by atoms with E-state index in [1.807, 2.05) is 6.08 Å². The maximum Gasteiger partial charge on any atom is 0.133 e. The first-order chi connectivity index (χ1) is 7.76. The Morgan fingerprint density at radius 2 is 2.19 bits per heavy atom. The van der Waals surface area contributed by atoms with Crippen LogP contribution in [0, 0.1) is 0 Å². The van der Waals surface area contributed by atoms with Crippen LogP contribution in [0.5, 0.6) is 0 Å². The van der Waals surface area contributed by atoms with Crippen molar-refractivity contribution in [3.8, 4) is 0 Å². The van der Waals surface area contributed by atoms with Crippen LogP contribution in [-0.2, 0) is 9.53 Å². The summed E-state index contributed by atoms with van der Waals surface area (Å²) in [6.07, 6.45) is 8.51. The van der Waals surface area contributed by atoms with Crippen molar-refractivity contribution >= 4 is 5.78 Å². The van der Waals surface area contributed by atoms with E-state index >= 15 is 0 Å². The van der Waals surface area contributed by atoms with Crippen LogP contribution in [0.25, 0.3) is 0 Å². The summed E-state index contributed by atoms with van der Waals surface area (Å²) in [6, 6.07) is 0. The van der Waals surface area contributed by atoms with E-state index in [9.17, 15) is 4.79 Å². The minimum atomic E-state index is 0.106. The van der Waals surface area contributed by atoms with Crippen molar-refractivity contribution in [1.82, 2.24) is 0 Å². The first-order valence-electron chi connectivity index (χ1n) is 5.81. The van der Waals surface area contributed by atoms with Crippen molar-refractivity contribution in [2.24, 2.45) is 0 Å². The number of rotatable bonds is 7. The average Bonchev–Trinajstić information content (AvgIpc) is 2.34. The van der Waals surface area contributed by atoms with Gasteiger partial charge >= 0.3 is 0 Å². The lowest BCUT2D eigenvalue weighted by Crippen LogP contribution is -2.02. The summed E-state index contributed by atoms with van der Waals surface area (Å²) in [6.45, 7) is 0.106. The molecule has 0 spiro atoms. The molecule has 1 rings (SSSR count). The molecule has 0 aromatic rings. The van der Waals surface area contributed by atoms with E-state index in [1.165, 1.54) is 5.57 Å². The monoisotopic (exact) mass is 224 g/mol. The zero-order valence-corrected chi connectivity index (χ0v) is 9.87. The SMILES string of the molecule is COC1=CC=C(CCC(=O)CCCO)CC1. The standard InChI is InChI=1S/C13H20O3/c1-16-13-8-5-11(6-9-13)4-7-12(15)3-2-10-14/h5,8,14H,2-4,6-7,9-10H2,1H3. The predicted octanol–water partition coefficient (Wildman–Crippen LogP) is 2.36. The fraction of sp³-hybridized carbons (Fsp3) is 0.615. The van der Waals surface area contributed by atoms with Gasteiger partial charge < -0.3 is 9.84 Å². The van der Waals surface area contributed by atoms with Gasteiger partial charge in [-0.15, -0.1) is 0 Å². The number of carbonyl (C=O) groups is 1. The number of hydrogen-bond acceptors (Lipinski definition) is 3. The number of carbonyl (C=O) groups excluding carboxylic acids is 1. The molecule has 0 aromatic heterocycles. The molecule has 1 aliphatic rings. The Hall–Kier alpha value is -1.09. The molecule has 0 saturated carbocycles. The maximum absolute atomic E-state index is 11.4. The number of hydrogen-bond donors (Lipinski definition) is 1. The molecule has 0 heterocycles. The molecule has 0 atom stereocenters. The van der Waals surface area contributed by atoms with Gasteiger partial charge in [0.1, 0.15) is 5.78 Å². The minimum absolute atomic E-state index is 0.106. The summed E-state index contributed by atoms with van der Waals surface area (Å²) in [5.74, 6) is 1.26. The number of aliphatic hydroxyl groups excluding tert-OH is 1. The second kappa shape index (κ2) is 7.23. The van der Waals surface area contributed by atoms with E-state index < -0.39 is 0 Å². The van der Waals surface area contributed by atoms with Gasteiger partial charge in [0.2, 0.25) is 0 Å². The number of aliphatic hydroxyl groups is 1. The van der Waals surface area contributed by atoms with Gasteiger partial charge in [-0.05, 0) is 25.3 Å². The van der Waals surface area contributed by atoms with Gasteiger partial charge in [-0.2, -0.15) is 0 Å². The van der Waals surface area contributed by atoms with Crippen molar-refractivity contribution in [2.75, 3.05) is 13.7 Å². The fourth-order valence-electron chi connectivity index (χ4n) is 1.74. The van der Waals surface area contributed by atoms with Gasteiger partial charge in [0.15, 0.2) is 0 Å². The molecule has 16 heavy (non-hydrogen) atoms. The summed E-state index contributed by atoms with van der Waals surface area (Å²) in [5, 5.41) is 8.60. The lowest BCUT2D eigenvalue weighted by Gasteiger charge is -2.13. The van der Waals surface area contributed by atoms with Gasteiger partial charge in [0.05, 0.1) is 12.9 Å². The van der Waals surface area contributed by atoms with E-state index in [0.717, 1.165) is 25.0 Å². The zero-order chi connectivity index (χ0) is 11.8. The lowest BCUT2D eigenvalue weighted by atomic mass is 9.97. The minimum Gasteiger partial charge on any atom is -0.501 e. The van der Waals surface area contributed by atoms with Gasteiger partial charge in [-0.3, -0.25) is 4.79 Å². The molecule has 0 radical (unpaired) electrons. The van der Waals surface area contributed by atoms with E-state index in [4.69, 9.17) is 9.84 Å². The topological polar surface area (TPSA) is 46.5 Å². The number of methoxy groups -OCH3 is 1. The molecule has 0 aliphatic heterocycles. The Balaban J connectivity index is 2.26. The molecule has 90 valence electrons. The molecule has 1 aliphatic carbocycles. The lowest BCUT2D eigenvalue weighted by molar-refractivity contribution is -0.119. The van der Waals surface area contributed by atoms with E-state index in [2.05, 4.69) is 6.08 Å². The van der Waals surface area contributed by atoms with Crippen LogP contribution in [0.15, 0.2) is 23.5 Å². The second-order valence-corrected chi connectivity index (χ2v) is 4.03. The van der Waals surface area contributed by atoms with Gasteiger partial charge in [-0.1, -0.05) is 11.6 Å². The Morgan fingerprint density at radius 3 is 2.75 bits per heavy atom. The van der Waals surface area contributed by atoms with Crippen LogP contribution in [0.3, 0.4) is 0 Å². The molecule has 0 aromatic carbocycles. The third-order valence-electron chi connectivity index (χ3n) is 2.80. The van der Waals surface area contributed by atoms with Gasteiger partial charge in [0.25, 0.3) is 0 Å². The largest absolute Gasteiger partial charge is 0.501 e. The van der Waals surface area contributed by atoms with Crippen LogP contribution < -0.4 is 0 Å². The highest BCUT2D eigenvalue weighted by molar-refractivity contribution is 5.78. The van der Waals surface area contributed by atoms with Crippen molar-refractivity contribution in [1.29, 1.82) is 0 Å². The molecular weight excluding hydrogens is 204 g/mol. The Kier molecular flexibility index (Phi) is 5.86. The highest BCUT2D eigenvalue weighted by atomic mass is 16.5. The Labute approximate surface area is 96.8 Å². The van der Waals surface area contributed by atoms with Crippen LogP contribution >= 0.6 is 0 Å². The summed E-state index contributed by atoms with van der Waals surface area (Å²) in [4.78, 5) is 11.4. The quantitative estimate of drug-likeness (QED) is 0.722. The molecule has 1 N–H and O–H groups in total. The molecular formula is C13H20O3. The van der Waals surface area contributed by atoms with Crippen molar-refractivity contribution in [2.45, 2.75) is 38.5 Å². The highest BCUT2D eigenvalue weighted by Gasteiger charge is 2.08. The number of allylic oxidation sites excluding steroid dienone is 4. The smallest absolute Gasteiger partial charge is 0.133 e. The van der Waals surface area contributed by atoms with Crippen molar-refractivity contribution in [3.63, 3.8) is 0 Å². The van der Waals surface area contributed by atoms with E-state index in [0.29, 0.717) is 19.3 Å². The normalized spacial score (nSPS) is 15.4. The zero-order valence-electron chi connectivity index (χ0n) is 9.87. The number of ketones is 1. The maximum atomic E-state index is 11.4. The van der Waals surface area contributed by atoms with Crippen LogP contribution in [-0.4, -0.2) is 24.6 Å². The van der Waals surface area contributed by atoms with Crippen molar-refractivity contribution in [3.05, 3.63) is 23.5 Å². The van der Waals surface area contributed by atoms with Gasteiger partial charge in [-0.25, -0.2) is 0 Å². The molecule has 0 unspecified atom stereocenters. The third kappa shape index (κ3) is 4.62. The predicted molar refractivity (Wildman–Crippen MR) is 63.0 cm³/mol. The molecule has 0 fully saturated rings. The molecule has 0 bridgehead atoms. The first kappa shape index (κ1) is 13.0. The summed E-state index contributed by atoms with van der Waals surface area (Å²) >= 11 is 0. The summed E-state index contributed by atoms with van der Waals surface area (Å²) < 4.78 is 5.14. The van der Waals surface area contributed by atoms with Crippen molar-refractivity contribution < 1.29 is 14.6 Å². The van der Waals surface area contributed by atoms with Gasteiger partial charge in [0, 0.05) is 25.9 Å². The number of Topliss-reactive ketones (excluding diaryl/α,β-unsaturated/α-hetero) is 1. The molecule has 3 heteroatoms. The third-order valence-corrected chi connectivity index (χ3v) is 2.80. The van der Waals surface area contributed by atoms with Crippen LogP contribution in [0.1, 0.15) is 38.5 Å². The average molecular weight is 224 g/mol. The molecule has 0 amide bonds. The van der Waals surface area contributed by atoms with Crippen LogP contribution in [0.2, 0.25) is 0 Å². The second-order valence-electron chi connectivity index (χ2n) is 4.03. The summed E-state index contributed by atoms with van der Waals surface area (Å²) in [7, 11) is 1.68. The number of ether oxygens (including phenoxy) is 1.